The zero-order valence-electron chi connectivity index (χ0n) is 16.7. The lowest BCUT2D eigenvalue weighted by atomic mass is 10.1. The fraction of sp³-hybridized carbons (Fsp3) is 0.318. The van der Waals surface area contributed by atoms with Gasteiger partial charge in [0.15, 0.2) is 0 Å². The van der Waals surface area contributed by atoms with Crippen LogP contribution in [0.3, 0.4) is 0 Å². The van der Waals surface area contributed by atoms with Crippen molar-refractivity contribution in [2.45, 2.75) is 32.0 Å². The van der Waals surface area contributed by atoms with Gasteiger partial charge in [-0.1, -0.05) is 12.1 Å². The molecule has 0 aliphatic carbocycles. The van der Waals surface area contributed by atoms with E-state index in [-0.39, 0.29) is 24.2 Å². The summed E-state index contributed by atoms with van der Waals surface area (Å²) in [4.78, 5) is 31.3. The van der Waals surface area contributed by atoms with Crippen molar-refractivity contribution in [2.24, 2.45) is 0 Å². The second-order valence-electron chi connectivity index (χ2n) is 7.48. The molecular weight excluding hydrogens is 409 g/mol. The second-order valence-corrected chi connectivity index (χ2v) is 7.48. The number of carbonyl (C=O) groups excluding carboxylic acids is 1. The molecule has 1 aromatic heterocycles. The molecule has 1 aliphatic rings. The molecule has 9 heteroatoms. The number of hydrogen-bond donors (Lipinski definition) is 1. The van der Waals surface area contributed by atoms with Crippen LogP contribution in [0.5, 0.6) is 0 Å². The molecule has 1 amide bonds. The number of benzene rings is 2. The molecule has 6 nitrogen and oxygen atoms in total. The monoisotopic (exact) mass is 430 g/mol. The van der Waals surface area contributed by atoms with Gasteiger partial charge in [0.1, 0.15) is 0 Å². The van der Waals surface area contributed by atoms with Gasteiger partial charge in [-0.3, -0.25) is 14.2 Å². The van der Waals surface area contributed by atoms with Gasteiger partial charge in [-0.05, 0) is 43.2 Å². The molecule has 1 aliphatic heterocycles. The highest BCUT2D eigenvalue weighted by molar-refractivity contribution is 5.94. The van der Waals surface area contributed by atoms with Gasteiger partial charge in [0, 0.05) is 26.1 Å². The van der Waals surface area contributed by atoms with Gasteiger partial charge in [0.2, 0.25) is 5.91 Å². The number of aromatic nitrogens is 2. The van der Waals surface area contributed by atoms with Crippen molar-refractivity contribution in [1.29, 1.82) is 0 Å². The Kier molecular flexibility index (Phi) is 5.67. The largest absolute Gasteiger partial charge is 0.416 e. The van der Waals surface area contributed by atoms with Gasteiger partial charge >= 0.3 is 6.18 Å². The maximum Gasteiger partial charge on any atom is 0.416 e. The van der Waals surface area contributed by atoms with Crippen LogP contribution >= 0.6 is 0 Å². The van der Waals surface area contributed by atoms with Crippen LogP contribution in [-0.2, 0) is 17.5 Å². The summed E-state index contributed by atoms with van der Waals surface area (Å²) in [5, 5.41) is 3.05. The Morgan fingerprint density at radius 2 is 1.84 bits per heavy atom. The first-order chi connectivity index (χ1) is 14.8. The number of amides is 1. The molecule has 0 spiro atoms. The zero-order chi connectivity index (χ0) is 22.0. The van der Waals surface area contributed by atoms with Crippen molar-refractivity contribution < 1.29 is 18.0 Å². The molecule has 0 bridgehead atoms. The summed E-state index contributed by atoms with van der Waals surface area (Å²) in [6, 6.07) is 10.3. The lowest BCUT2D eigenvalue weighted by molar-refractivity contribution is -0.137. The Hall–Kier alpha value is -3.36. The SMILES string of the molecule is O=C(CCn1cnc2ccccc2c1=O)Nc1cc(C(F)(F)F)ccc1N1CCCC1. The topological polar surface area (TPSA) is 67.2 Å². The Bertz CT molecular complexity index is 1170. The van der Waals surface area contributed by atoms with Crippen LogP contribution < -0.4 is 15.8 Å². The number of alkyl halides is 3. The van der Waals surface area contributed by atoms with Gasteiger partial charge < -0.3 is 10.2 Å². The summed E-state index contributed by atoms with van der Waals surface area (Å²) >= 11 is 0. The second kappa shape index (κ2) is 8.41. The Labute approximate surface area is 176 Å². The number of rotatable bonds is 5. The quantitative estimate of drug-likeness (QED) is 0.663. The van der Waals surface area contributed by atoms with E-state index < -0.39 is 17.6 Å². The van der Waals surface area contributed by atoms with Gasteiger partial charge in [-0.15, -0.1) is 0 Å². The van der Waals surface area contributed by atoms with Crippen LogP contribution in [-0.4, -0.2) is 28.5 Å². The number of halogens is 3. The number of hydrogen-bond acceptors (Lipinski definition) is 4. The fourth-order valence-corrected chi connectivity index (χ4v) is 3.75. The molecule has 0 saturated carbocycles. The Morgan fingerprint density at radius 1 is 1.10 bits per heavy atom. The predicted octanol–water partition coefficient (Wildman–Crippen LogP) is 4.04. The smallest absolute Gasteiger partial charge is 0.370 e. The zero-order valence-corrected chi connectivity index (χ0v) is 16.7. The van der Waals surface area contributed by atoms with E-state index in [1.807, 2.05) is 4.90 Å². The Balaban J connectivity index is 1.52. The normalized spacial score (nSPS) is 14.2. The van der Waals surface area contributed by atoms with E-state index in [1.54, 1.807) is 24.3 Å². The lowest BCUT2D eigenvalue weighted by Gasteiger charge is -2.23. The van der Waals surface area contributed by atoms with E-state index in [1.165, 1.54) is 17.0 Å². The molecule has 0 unspecified atom stereocenters. The molecule has 0 atom stereocenters. The third-order valence-corrected chi connectivity index (χ3v) is 5.36. The summed E-state index contributed by atoms with van der Waals surface area (Å²) in [5.41, 5.74) is 0.178. The molecule has 1 fully saturated rings. The summed E-state index contributed by atoms with van der Waals surface area (Å²) in [5.74, 6) is -0.472. The van der Waals surface area contributed by atoms with E-state index in [0.717, 1.165) is 38.1 Å². The number of nitrogens with zero attached hydrogens (tertiary/aromatic N) is 3. The standard InChI is InChI=1S/C22H21F3N4O2/c23-22(24,25)15-7-8-19(28-10-3-4-11-28)18(13-15)27-20(30)9-12-29-14-26-17-6-2-1-5-16(17)21(29)31/h1-2,5-8,13-14H,3-4,9-12H2,(H,27,30). The summed E-state index contributed by atoms with van der Waals surface area (Å²) in [6.45, 7) is 1.53. The van der Waals surface area contributed by atoms with E-state index in [2.05, 4.69) is 10.3 Å². The van der Waals surface area contributed by atoms with E-state index in [0.29, 0.717) is 16.6 Å². The van der Waals surface area contributed by atoms with Crippen molar-refractivity contribution in [3.05, 3.63) is 64.7 Å². The third-order valence-electron chi connectivity index (χ3n) is 5.36. The fourth-order valence-electron chi connectivity index (χ4n) is 3.75. The van der Waals surface area contributed by atoms with Crippen LogP contribution in [0, 0.1) is 0 Å². The molecule has 2 aromatic carbocycles. The Morgan fingerprint density at radius 3 is 2.58 bits per heavy atom. The van der Waals surface area contributed by atoms with E-state index in [4.69, 9.17) is 0 Å². The molecule has 31 heavy (non-hydrogen) atoms. The minimum atomic E-state index is -4.51. The van der Waals surface area contributed by atoms with Crippen molar-refractivity contribution in [3.63, 3.8) is 0 Å². The lowest BCUT2D eigenvalue weighted by Crippen LogP contribution is -2.25. The average Bonchev–Trinajstić information content (AvgIpc) is 3.27. The van der Waals surface area contributed by atoms with Gasteiger partial charge in [-0.25, -0.2) is 4.98 Å². The van der Waals surface area contributed by atoms with Crippen molar-refractivity contribution >= 4 is 28.2 Å². The predicted molar refractivity (Wildman–Crippen MR) is 112 cm³/mol. The molecule has 2 heterocycles. The molecule has 1 N–H and O–H groups in total. The highest BCUT2D eigenvalue weighted by Gasteiger charge is 2.32. The number of fused-ring (bicyclic) bond motifs is 1. The van der Waals surface area contributed by atoms with Crippen LogP contribution in [0.4, 0.5) is 24.5 Å². The number of para-hydroxylation sites is 1. The summed E-state index contributed by atoms with van der Waals surface area (Å²) in [6.07, 6.45) is -1.31. The summed E-state index contributed by atoms with van der Waals surface area (Å²) in [7, 11) is 0. The molecule has 4 rings (SSSR count). The van der Waals surface area contributed by atoms with Crippen molar-refractivity contribution in [2.75, 3.05) is 23.3 Å². The maximum atomic E-state index is 13.2. The number of anilines is 2. The van der Waals surface area contributed by atoms with Crippen molar-refractivity contribution in [1.82, 2.24) is 9.55 Å². The number of aryl methyl sites for hydroxylation is 1. The van der Waals surface area contributed by atoms with E-state index in [9.17, 15) is 22.8 Å². The summed E-state index contributed by atoms with van der Waals surface area (Å²) < 4.78 is 40.9. The highest BCUT2D eigenvalue weighted by Crippen LogP contribution is 2.36. The molecular formula is C22H21F3N4O2. The maximum absolute atomic E-state index is 13.2. The first-order valence-electron chi connectivity index (χ1n) is 10.0. The third kappa shape index (κ3) is 4.55. The van der Waals surface area contributed by atoms with Crippen LogP contribution in [0.1, 0.15) is 24.8 Å². The van der Waals surface area contributed by atoms with Gasteiger partial charge in [0.25, 0.3) is 5.56 Å². The van der Waals surface area contributed by atoms with Crippen LogP contribution in [0.2, 0.25) is 0 Å². The minimum Gasteiger partial charge on any atom is -0.370 e. The molecule has 3 aromatic rings. The molecule has 162 valence electrons. The van der Waals surface area contributed by atoms with Gasteiger partial charge in [-0.2, -0.15) is 13.2 Å². The van der Waals surface area contributed by atoms with Crippen LogP contribution in [0.15, 0.2) is 53.6 Å². The number of nitrogens with one attached hydrogen (secondary N) is 1. The first kappa shape index (κ1) is 20.9. The minimum absolute atomic E-state index is 0.0700. The highest BCUT2D eigenvalue weighted by atomic mass is 19.4. The average molecular weight is 430 g/mol. The van der Waals surface area contributed by atoms with Crippen LogP contribution in [0.25, 0.3) is 10.9 Å². The molecule has 0 radical (unpaired) electrons. The first-order valence-corrected chi connectivity index (χ1v) is 10.0. The van der Waals surface area contributed by atoms with E-state index >= 15 is 0 Å². The van der Waals surface area contributed by atoms with Gasteiger partial charge in [0.05, 0.1) is 34.2 Å². The van der Waals surface area contributed by atoms with Crippen molar-refractivity contribution in [3.8, 4) is 0 Å². The molecule has 1 saturated heterocycles. The number of carbonyl (C=O) groups is 1.